The molecule has 0 unspecified atom stereocenters. The summed E-state index contributed by atoms with van der Waals surface area (Å²) in [6.45, 7) is 1.93. The lowest BCUT2D eigenvalue weighted by molar-refractivity contribution is 0.353. The third-order valence-electron chi connectivity index (χ3n) is 6.37. The van der Waals surface area contributed by atoms with Crippen LogP contribution in [0.25, 0.3) is 16.9 Å². The van der Waals surface area contributed by atoms with Crippen molar-refractivity contribution in [1.82, 2.24) is 25.1 Å². The van der Waals surface area contributed by atoms with E-state index in [4.69, 9.17) is 0 Å². The molecule has 0 radical (unpaired) electrons. The van der Waals surface area contributed by atoms with E-state index in [0.29, 0.717) is 29.4 Å². The van der Waals surface area contributed by atoms with E-state index in [1.807, 2.05) is 42.0 Å². The SMILES string of the molecule is Cc1nccn1-c1ccc(-c2ccc(N(C)[C@@H]3C[C@H]4CC[C@@H](C3)N4)nn2)c(O)c1. The predicted molar refractivity (Wildman–Crippen MR) is 112 cm³/mol. The molecule has 0 saturated carbocycles. The number of aromatic nitrogens is 4. The fourth-order valence-electron chi connectivity index (χ4n) is 4.72. The molecule has 4 heterocycles. The number of phenolic OH excluding ortho intramolecular Hbond substituents is 1. The Morgan fingerprint density at radius 3 is 2.52 bits per heavy atom. The van der Waals surface area contributed by atoms with E-state index in [-0.39, 0.29) is 5.75 Å². The highest BCUT2D eigenvalue weighted by molar-refractivity contribution is 5.69. The number of benzene rings is 1. The predicted octanol–water partition coefficient (Wildman–Crippen LogP) is 3.06. The van der Waals surface area contributed by atoms with Gasteiger partial charge in [-0.05, 0) is 56.9 Å². The number of aryl methyl sites for hydroxylation is 1. The van der Waals surface area contributed by atoms with Crippen molar-refractivity contribution in [3.8, 4) is 22.7 Å². The van der Waals surface area contributed by atoms with E-state index in [0.717, 1.165) is 30.2 Å². The van der Waals surface area contributed by atoms with Gasteiger partial charge in [0, 0.05) is 49.2 Å². The number of phenols is 1. The van der Waals surface area contributed by atoms with E-state index < -0.39 is 0 Å². The molecule has 2 saturated heterocycles. The molecule has 2 aliphatic rings. The molecule has 7 heteroatoms. The maximum Gasteiger partial charge on any atom is 0.151 e. The molecule has 0 amide bonds. The Labute approximate surface area is 170 Å². The molecule has 0 spiro atoms. The van der Waals surface area contributed by atoms with E-state index >= 15 is 0 Å². The van der Waals surface area contributed by atoms with Gasteiger partial charge in [-0.2, -0.15) is 0 Å². The second-order valence-electron chi connectivity index (χ2n) is 8.20. The monoisotopic (exact) mass is 390 g/mol. The second-order valence-corrected chi connectivity index (χ2v) is 8.20. The van der Waals surface area contributed by atoms with Crippen molar-refractivity contribution in [2.24, 2.45) is 0 Å². The quantitative estimate of drug-likeness (QED) is 0.713. The van der Waals surface area contributed by atoms with Crippen molar-refractivity contribution in [2.45, 2.75) is 50.7 Å². The first-order chi connectivity index (χ1) is 14.1. The molecule has 1 aromatic carbocycles. The Bertz CT molecular complexity index is 1000. The second kappa shape index (κ2) is 7.15. The fraction of sp³-hybridized carbons (Fsp3) is 0.409. The zero-order chi connectivity index (χ0) is 20.0. The van der Waals surface area contributed by atoms with Crippen LogP contribution in [-0.2, 0) is 0 Å². The fourth-order valence-corrected chi connectivity index (χ4v) is 4.72. The van der Waals surface area contributed by atoms with Crippen LogP contribution in [0, 0.1) is 6.92 Å². The van der Waals surface area contributed by atoms with Crippen molar-refractivity contribution in [3.63, 3.8) is 0 Å². The maximum absolute atomic E-state index is 10.6. The summed E-state index contributed by atoms with van der Waals surface area (Å²) in [7, 11) is 2.11. The van der Waals surface area contributed by atoms with E-state index in [1.54, 1.807) is 12.3 Å². The maximum atomic E-state index is 10.6. The lowest BCUT2D eigenvalue weighted by Crippen LogP contribution is -2.47. The Morgan fingerprint density at radius 2 is 1.90 bits per heavy atom. The molecule has 2 aliphatic heterocycles. The van der Waals surface area contributed by atoms with Crippen LogP contribution in [-0.4, -0.2) is 50.0 Å². The van der Waals surface area contributed by atoms with Crippen molar-refractivity contribution in [2.75, 3.05) is 11.9 Å². The number of hydrogen-bond donors (Lipinski definition) is 2. The van der Waals surface area contributed by atoms with Gasteiger partial charge in [0.1, 0.15) is 11.6 Å². The van der Waals surface area contributed by atoms with Gasteiger partial charge in [-0.25, -0.2) is 4.98 Å². The molecule has 150 valence electrons. The van der Waals surface area contributed by atoms with E-state index in [1.165, 1.54) is 12.8 Å². The molecule has 2 N–H and O–H groups in total. The van der Waals surface area contributed by atoms with Gasteiger partial charge in [-0.15, -0.1) is 10.2 Å². The molecule has 29 heavy (non-hydrogen) atoms. The lowest BCUT2D eigenvalue weighted by Gasteiger charge is -2.36. The van der Waals surface area contributed by atoms with E-state index in [2.05, 4.69) is 32.4 Å². The van der Waals surface area contributed by atoms with Crippen LogP contribution in [0.1, 0.15) is 31.5 Å². The average Bonchev–Trinajstić information content (AvgIpc) is 3.32. The normalized spacial score (nSPS) is 23.3. The van der Waals surface area contributed by atoms with Gasteiger partial charge in [0.25, 0.3) is 0 Å². The van der Waals surface area contributed by atoms with Crippen LogP contribution in [0.3, 0.4) is 0 Å². The number of piperidine rings is 1. The largest absolute Gasteiger partial charge is 0.507 e. The summed E-state index contributed by atoms with van der Waals surface area (Å²) in [6, 6.07) is 11.3. The minimum Gasteiger partial charge on any atom is -0.507 e. The number of hydrogen-bond acceptors (Lipinski definition) is 6. The summed E-state index contributed by atoms with van der Waals surface area (Å²) < 4.78 is 1.93. The molecule has 3 atom stereocenters. The Hall–Kier alpha value is -2.93. The van der Waals surface area contributed by atoms with Gasteiger partial charge in [0.05, 0.1) is 11.4 Å². The van der Waals surface area contributed by atoms with Crippen molar-refractivity contribution >= 4 is 5.82 Å². The number of nitrogens with one attached hydrogen (secondary N) is 1. The summed E-state index contributed by atoms with van der Waals surface area (Å²) in [5, 5.41) is 23.1. The highest BCUT2D eigenvalue weighted by Crippen LogP contribution is 2.33. The van der Waals surface area contributed by atoms with Crippen LogP contribution in [0.2, 0.25) is 0 Å². The number of aromatic hydroxyl groups is 1. The third-order valence-corrected chi connectivity index (χ3v) is 6.37. The highest BCUT2D eigenvalue weighted by Gasteiger charge is 2.35. The number of imidazole rings is 1. The Morgan fingerprint density at radius 1 is 1.10 bits per heavy atom. The van der Waals surface area contributed by atoms with Crippen LogP contribution in [0.5, 0.6) is 5.75 Å². The van der Waals surface area contributed by atoms with Crippen LogP contribution >= 0.6 is 0 Å². The van der Waals surface area contributed by atoms with Gasteiger partial charge in [-0.1, -0.05) is 0 Å². The lowest BCUT2D eigenvalue weighted by atomic mass is 9.98. The Kier molecular flexibility index (Phi) is 4.47. The molecule has 0 aliphatic carbocycles. The molecular formula is C22H26N6O. The smallest absolute Gasteiger partial charge is 0.151 e. The first-order valence-electron chi connectivity index (χ1n) is 10.2. The summed E-state index contributed by atoms with van der Waals surface area (Å²) in [6.07, 6.45) is 8.51. The van der Waals surface area contributed by atoms with Crippen LogP contribution in [0.4, 0.5) is 5.82 Å². The molecule has 7 nitrogen and oxygen atoms in total. The Balaban J connectivity index is 1.35. The topological polar surface area (TPSA) is 79.1 Å². The molecule has 3 aromatic rings. The van der Waals surface area contributed by atoms with Crippen molar-refractivity contribution < 1.29 is 5.11 Å². The molecule has 2 bridgehead atoms. The first kappa shape index (κ1) is 18.1. The molecule has 2 fully saturated rings. The summed E-state index contributed by atoms with van der Waals surface area (Å²) in [4.78, 5) is 6.49. The number of nitrogens with zero attached hydrogens (tertiary/aromatic N) is 5. The minimum atomic E-state index is 0.181. The zero-order valence-corrected chi connectivity index (χ0v) is 16.8. The van der Waals surface area contributed by atoms with Gasteiger partial charge < -0.3 is 19.9 Å². The number of anilines is 1. The zero-order valence-electron chi connectivity index (χ0n) is 16.8. The first-order valence-corrected chi connectivity index (χ1v) is 10.2. The number of fused-ring (bicyclic) bond motifs is 2. The van der Waals surface area contributed by atoms with Gasteiger partial charge >= 0.3 is 0 Å². The minimum absolute atomic E-state index is 0.181. The van der Waals surface area contributed by atoms with Crippen molar-refractivity contribution in [3.05, 3.63) is 48.5 Å². The summed E-state index contributed by atoms with van der Waals surface area (Å²) in [5.74, 6) is 1.93. The van der Waals surface area contributed by atoms with Crippen LogP contribution in [0.15, 0.2) is 42.7 Å². The summed E-state index contributed by atoms with van der Waals surface area (Å²) in [5.41, 5.74) is 2.21. The standard InChI is InChI=1S/C22H26N6O/c1-14-23-9-10-28(14)17-5-6-19(21(29)13-17)20-7-8-22(26-25-20)27(2)18-11-15-3-4-16(12-18)24-15/h5-10,13,15-16,18,24,29H,3-4,11-12H2,1-2H3/t15-,16+,18-. The third kappa shape index (κ3) is 3.35. The van der Waals surface area contributed by atoms with Gasteiger partial charge in [-0.3, -0.25) is 0 Å². The van der Waals surface area contributed by atoms with E-state index in [9.17, 15) is 5.11 Å². The molecular weight excluding hydrogens is 364 g/mol. The van der Waals surface area contributed by atoms with Gasteiger partial charge in [0.2, 0.25) is 0 Å². The number of rotatable bonds is 4. The van der Waals surface area contributed by atoms with Crippen LogP contribution < -0.4 is 10.2 Å². The molecule has 2 aromatic heterocycles. The van der Waals surface area contributed by atoms with Crippen molar-refractivity contribution in [1.29, 1.82) is 0 Å². The highest BCUT2D eigenvalue weighted by atomic mass is 16.3. The summed E-state index contributed by atoms with van der Waals surface area (Å²) >= 11 is 0. The average molecular weight is 390 g/mol. The van der Waals surface area contributed by atoms with Gasteiger partial charge in [0.15, 0.2) is 5.82 Å². The molecule has 5 rings (SSSR count).